The number of carbonyl (C=O) groups is 4. The predicted molar refractivity (Wildman–Crippen MR) is 141 cm³/mol. The molecule has 0 atom stereocenters. The second-order valence-corrected chi connectivity index (χ2v) is 9.33. The molecule has 0 aliphatic carbocycles. The third-order valence-corrected chi connectivity index (χ3v) is 6.90. The van der Waals surface area contributed by atoms with Crippen molar-refractivity contribution >= 4 is 51.2 Å². The van der Waals surface area contributed by atoms with Crippen molar-refractivity contribution in [3.8, 4) is 28.7 Å². The van der Waals surface area contributed by atoms with Gasteiger partial charge in [0.25, 0.3) is 0 Å². The highest BCUT2D eigenvalue weighted by atomic mass is 16.5. The molecule has 214 valence electrons. The number of aromatic carboxylic acids is 2. The van der Waals surface area contributed by atoms with Gasteiger partial charge >= 0.3 is 11.9 Å². The first-order valence-corrected chi connectivity index (χ1v) is 11.8. The lowest BCUT2D eigenvalue weighted by Crippen LogP contribution is -2.24. The van der Waals surface area contributed by atoms with Crippen LogP contribution in [0.4, 0.5) is 0 Å². The minimum atomic E-state index is -1.79. The van der Waals surface area contributed by atoms with E-state index in [1.807, 2.05) is 0 Å². The highest BCUT2D eigenvalue weighted by Crippen LogP contribution is 2.43. The van der Waals surface area contributed by atoms with E-state index in [9.17, 15) is 59.7 Å². The van der Waals surface area contributed by atoms with E-state index in [-0.39, 0.29) is 28.0 Å². The second kappa shape index (κ2) is 9.26. The van der Waals surface area contributed by atoms with Gasteiger partial charge in [-0.15, -0.1) is 0 Å². The van der Waals surface area contributed by atoms with E-state index < -0.39 is 103 Å². The molecule has 4 aromatic rings. The molecule has 42 heavy (non-hydrogen) atoms. The number of ketones is 2. The Morgan fingerprint density at radius 3 is 2.02 bits per heavy atom. The van der Waals surface area contributed by atoms with Gasteiger partial charge in [-0.25, -0.2) is 9.59 Å². The molecule has 3 aromatic carbocycles. The molecular formula is C28H18O14. The van der Waals surface area contributed by atoms with Gasteiger partial charge in [0.2, 0.25) is 11.2 Å². The molecule has 5 rings (SSSR count). The molecule has 0 bridgehead atoms. The van der Waals surface area contributed by atoms with Gasteiger partial charge in [-0.05, 0) is 25.5 Å². The number of fused-ring (bicyclic) bond motifs is 3. The number of carboxylic acids is 2. The topological polar surface area (TPSA) is 249 Å². The summed E-state index contributed by atoms with van der Waals surface area (Å²) in [4.78, 5) is 63.4. The van der Waals surface area contributed by atoms with Gasteiger partial charge in [0.15, 0.2) is 28.8 Å². The van der Waals surface area contributed by atoms with E-state index in [4.69, 9.17) is 9.15 Å². The van der Waals surface area contributed by atoms with Gasteiger partial charge in [0.1, 0.15) is 40.4 Å². The van der Waals surface area contributed by atoms with Gasteiger partial charge in [-0.3, -0.25) is 14.4 Å². The molecule has 7 N–H and O–H groups in total. The Morgan fingerprint density at radius 1 is 0.833 bits per heavy atom. The number of carboxylic acid groups (broad SMARTS) is 2. The lowest BCUT2D eigenvalue weighted by atomic mass is 9.89. The summed E-state index contributed by atoms with van der Waals surface area (Å²) in [7, 11) is 0. The summed E-state index contributed by atoms with van der Waals surface area (Å²) in [5.41, 5.74) is -5.60. The van der Waals surface area contributed by atoms with Gasteiger partial charge in [0.05, 0.1) is 27.5 Å². The van der Waals surface area contributed by atoms with Gasteiger partial charge in [-0.2, -0.15) is 0 Å². The Labute approximate surface area is 232 Å². The van der Waals surface area contributed by atoms with Crippen LogP contribution in [-0.2, 0) is 0 Å². The molecule has 1 aromatic heterocycles. The van der Waals surface area contributed by atoms with Crippen molar-refractivity contribution in [1.82, 2.24) is 0 Å². The number of carbonyl (C=O) groups excluding carboxylic acids is 2. The van der Waals surface area contributed by atoms with Crippen molar-refractivity contribution in [2.24, 2.45) is 0 Å². The van der Waals surface area contributed by atoms with Crippen LogP contribution < -0.4 is 10.2 Å². The zero-order valence-corrected chi connectivity index (χ0v) is 21.4. The average molecular weight is 578 g/mol. The molecule has 0 amide bonds. The van der Waals surface area contributed by atoms with Crippen LogP contribution in [0.25, 0.3) is 27.7 Å². The summed E-state index contributed by atoms with van der Waals surface area (Å²) >= 11 is 0. The van der Waals surface area contributed by atoms with Crippen LogP contribution in [0.2, 0.25) is 0 Å². The number of phenolic OH excluding ortho intramolecular Hbond substituents is 2. The monoisotopic (exact) mass is 578 g/mol. The number of hydrogen-bond acceptors (Lipinski definition) is 12. The van der Waals surface area contributed by atoms with Crippen molar-refractivity contribution in [2.75, 3.05) is 6.61 Å². The number of rotatable bonds is 4. The Hall–Kier alpha value is -6.05. The number of aliphatic hydroxyl groups is 1. The fourth-order valence-electron chi connectivity index (χ4n) is 4.98. The lowest BCUT2D eigenvalue weighted by molar-refractivity contribution is 0.0680. The molecule has 1 aliphatic rings. The molecule has 14 nitrogen and oxygen atoms in total. The van der Waals surface area contributed by atoms with Crippen LogP contribution in [0.15, 0.2) is 33.0 Å². The van der Waals surface area contributed by atoms with Crippen LogP contribution in [0, 0.1) is 6.92 Å². The van der Waals surface area contributed by atoms with E-state index in [1.165, 1.54) is 6.92 Å². The Balaban J connectivity index is 1.87. The van der Waals surface area contributed by atoms with Gasteiger partial charge < -0.3 is 44.9 Å². The maximum atomic E-state index is 13.6. The van der Waals surface area contributed by atoms with Crippen molar-refractivity contribution in [2.45, 2.75) is 13.8 Å². The maximum Gasteiger partial charge on any atom is 0.340 e. The van der Waals surface area contributed by atoms with Crippen molar-refractivity contribution in [1.29, 1.82) is 0 Å². The van der Waals surface area contributed by atoms with Crippen molar-refractivity contribution in [3.05, 3.63) is 67.4 Å². The smallest absolute Gasteiger partial charge is 0.340 e. The first kappa shape index (κ1) is 27.5. The molecule has 0 fully saturated rings. The first-order valence-electron chi connectivity index (χ1n) is 11.8. The number of hydrogen-bond donors (Lipinski definition) is 7. The summed E-state index contributed by atoms with van der Waals surface area (Å²) in [5, 5.41) is 69.4. The number of aromatic hydroxyl groups is 4. The molecule has 0 unspecified atom stereocenters. The fraction of sp³-hybridized carbons (Fsp3) is 0.107. The molecule has 0 spiro atoms. The number of aliphatic hydroxyl groups excluding tert-OH is 1. The van der Waals surface area contributed by atoms with Crippen molar-refractivity contribution < 1.29 is 64.1 Å². The summed E-state index contributed by atoms with van der Waals surface area (Å²) in [6.45, 7) is 1.80. The number of ether oxygens (including phenoxy) is 1. The van der Waals surface area contributed by atoms with E-state index in [0.29, 0.717) is 0 Å². The van der Waals surface area contributed by atoms with Gasteiger partial charge in [-0.1, -0.05) is 0 Å². The minimum Gasteiger partial charge on any atom is -0.507 e. The third-order valence-electron chi connectivity index (χ3n) is 6.90. The van der Waals surface area contributed by atoms with E-state index in [2.05, 4.69) is 0 Å². The van der Waals surface area contributed by atoms with Crippen LogP contribution in [-0.4, -0.2) is 65.9 Å². The molecule has 2 heterocycles. The lowest BCUT2D eigenvalue weighted by Gasteiger charge is -2.23. The van der Waals surface area contributed by atoms with E-state index in [1.54, 1.807) is 0 Å². The number of benzene rings is 3. The normalized spacial score (nSPS) is 14.0. The molecule has 0 radical (unpaired) electrons. The summed E-state index contributed by atoms with van der Waals surface area (Å²) in [6, 6.07) is 2.63. The SMILES string of the molecule is CC(=O)c1c(C)c(C(O)=C2COc3cc(O)c(O)c(C(=O)O)c3C2=O)cc2c(=O)c3c(C(=O)O)c(O)c(O)cc3oc12. The molecule has 0 saturated heterocycles. The summed E-state index contributed by atoms with van der Waals surface area (Å²) in [6.07, 6.45) is 0. The minimum absolute atomic E-state index is 0.00503. The zero-order valence-electron chi connectivity index (χ0n) is 21.4. The molecule has 14 heteroatoms. The van der Waals surface area contributed by atoms with Crippen LogP contribution in [0.5, 0.6) is 28.7 Å². The number of phenols is 4. The Morgan fingerprint density at radius 2 is 1.43 bits per heavy atom. The highest BCUT2D eigenvalue weighted by molar-refractivity contribution is 6.21. The summed E-state index contributed by atoms with van der Waals surface area (Å²) < 4.78 is 11.1. The van der Waals surface area contributed by atoms with Crippen LogP contribution in [0.1, 0.15) is 59.5 Å². The fourth-order valence-corrected chi connectivity index (χ4v) is 4.98. The van der Waals surface area contributed by atoms with Gasteiger partial charge in [0, 0.05) is 17.7 Å². The average Bonchev–Trinajstić information content (AvgIpc) is 2.90. The summed E-state index contributed by atoms with van der Waals surface area (Å²) in [5.74, 6) is -10.6. The first-order chi connectivity index (χ1) is 19.7. The van der Waals surface area contributed by atoms with Crippen LogP contribution >= 0.6 is 0 Å². The quantitative estimate of drug-likeness (QED) is 0.0604. The molecule has 0 saturated carbocycles. The van der Waals surface area contributed by atoms with Crippen LogP contribution in [0.3, 0.4) is 0 Å². The Bertz CT molecular complexity index is 2060. The third kappa shape index (κ3) is 3.76. The predicted octanol–water partition coefficient (Wildman–Crippen LogP) is 3.22. The largest absolute Gasteiger partial charge is 0.507 e. The highest BCUT2D eigenvalue weighted by Gasteiger charge is 2.36. The maximum absolute atomic E-state index is 13.6. The van der Waals surface area contributed by atoms with E-state index >= 15 is 0 Å². The van der Waals surface area contributed by atoms with Crippen molar-refractivity contribution in [3.63, 3.8) is 0 Å². The zero-order chi connectivity index (χ0) is 30.9. The van der Waals surface area contributed by atoms with E-state index in [0.717, 1.165) is 25.1 Å². The second-order valence-electron chi connectivity index (χ2n) is 9.33. The number of Topliss-reactive ketones (excluding diaryl/α,β-unsaturated/α-hetero) is 2. The Kier molecular flexibility index (Phi) is 6.07. The standard InChI is InChI=1S/C28H18O14/c1-7-9(21(32)11-6-41-14-4-12(30)24(35)19(27(37)38)17(14)23(11)34)3-10-22(33)18-15(42-26(10)16(7)8(2)29)5-13(31)25(36)20(18)28(39)40/h3-5,30-32,35-36H,6H2,1-2H3,(H,37,38)(H,39,40). The molecule has 1 aliphatic heterocycles. The molecular weight excluding hydrogens is 560 g/mol.